The second-order valence-corrected chi connectivity index (χ2v) is 4.95. The zero-order valence-electron chi connectivity index (χ0n) is 9.87. The maximum Gasteiger partial charge on any atom is 0.338 e. The number of carboxylic acids is 1. The number of carboxylic acid groups (broad SMARTS) is 1. The van der Waals surface area contributed by atoms with Crippen molar-refractivity contribution in [3.05, 3.63) is 29.3 Å². The molecule has 0 amide bonds. The molecule has 0 fully saturated rings. The van der Waals surface area contributed by atoms with Crippen LogP contribution in [0.1, 0.15) is 25.0 Å². The zero-order valence-corrected chi connectivity index (χ0v) is 9.87. The highest BCUT2D eigenvalue weighted by molar-refractivity contribution is 5.72. The van der Waals surface area contributed by atoms with E-state index in [1.165, 1.54) is 0 Å². The van der Waals surface area contributed by atoms with Gasteiger partial charge in [0.1, 0.15) is 11.4 Å². The van der Waals surface area contributed by atoms with Crippen molar-refractivity contribution < 1.29 is 19.0 Å². The normalized spacial score (nSPS) is 18.3. The van der Waals surface area contributed by atoms with Crippen LogP contribution in [-0.4, -0.2) is 22.8 Å². The number of para-hydroxylation sites is 1. The summed E-state index contributed by atoms with van der Waals surface area (Å²) in [5, 5.41) is 8.58. The monoisotopic (exact) mass is 238 g/mol. The van der Waals surface area contributed by atoms with Gasteiger partial charge in [0.05, 0.1) is 0 Å². The summed E-state index contributed by atoms with van der Waals surface area (Å²) in [6.07, 6.45) is -1.26. The van der Waals surface area contributed by atoms with E-state index in [0.717, 1.165) is 12.0 Å². The van der Waals surface area contributed by atoms with E-state index in [1.807, 2.05) is 26.0 Å². The Morgan fingerprint density at radius 3 is 2.94 bits per heavy atom. The molecule has 17 heavy (non-hydrogen) atoms. The maximum absolute atomic E-state index is 13.2. The molecule has 92 valence electrons. The minimum absolute atomic E-state index is 0.144. The molecule has 0 aromatic heterocycles. The summed E-state index contributed by atoms with van der Waals surface area (Å²) in [6, 6.07) is 5.46. The Hall–Kier alpha value is -1.58. The van der Waals surface area contributed by atoms with Gasteiger partial charge in [-0.15, -0.1) is 0 Å². The van der Waals surface area contributed by atoms with Gasteiger partial charge in [0.2, 0.25) is 6.17 Å². The van der Waals surface area contributed by atoms with Crippen LogP contribution in [0.15, 0.2) is 18.2 Å². The first-order valence-corrected chi connectivity index (χ1v) is 5.56. The van der Waals surface area contributed by atoms with Gasteiger partial charge in [0.15, 0.2) is 0 Å². The predicted molar refractivity (Wildman–Crippen MR) is 61.1 cm³/mol. The molecule has 0 bridgehead atoms. The summed E-state index contributed by atoms with van der Waals surface area (Å²) in [5.74, 6) is -0.777. The smallest absolute Gasteiger partial charge is 0.338 e. The van der Waals surface area contributed by atoms with Crippen molar-refractivity contribution in [3.63, 3.8) is 0 Å². The van der Waals surface area contributed by atoms with Crippen LogP contribution in [0.4, 0.5) is 4.39 Å². The lowest BCUT2D eigenvalue weighted by atomic mass is 9.99. The summed E-state index contributed by atoms with van der Waals surface area (Å²) in [7, 11) is 0. The number of ether oxygens (including phenoxy) is 1. The first-order valence-electron chi connectivity index (χ1n) is 5.56. The highest BCUT2D eigenvalue weighted by Gasteiger charge is 2.32. The highest BCUT2D eigenvalue weighted by atomic mass is 19.1. The fraction of sp³-hybridized carbons (Fsp3) is 0.462. The number of fused-ring (bicyclic) bond motifs is 1. The molecule has 0 radical (unpaired) electrons. The van der Waals surface area contributed by atoms with E-state index in [-0.39, 0.29) is 12.0 Å². The van der Waals surface area contributed by atoms with Gasteiger partial charge in [-0.1, -0.05) is 18.2 Å². The zero-order chi connectivity index (χ0) is 12.6. The van der Waals surface area contributed by atoms with Crippen molar-refractivity contribution in [2.45, 2.75) is 38.5 Å². The number of aliphatic carboxylic acids is 1. The maximum atomic E-state index is 13.2. The van der Waals surface area contributed by atoms with Gasteiger partial charge in [-0.25, -0.2) is 9.18 Å². The minimum atomic E-state index is -1.88. The number of rotatable bonds is 3. The van der Waals surface area contributed by atoms with Crippen molar-refractivity contribution in [2.75, 3.05) is 0 Å². The van der Waals surface area contributed by atoms with E-state index in [1.54, 1.807) is 6.07 Å². The number of halogens is 1. The summed E-state index contributed by atoms with van der Waals surface area (Å²) < 4.78 is 19.0. The Bertz CT molecular complexity index is 454. The lowest BCUT2D eigenvalue weighted by Crippen LogP contribution is -2.25. The molecule has 1 aliphatic heterocycles. The molecule has 4 heteroatoms. The van der Waals surface area contributed by atoms with Crippen LogP contribution in [0.3, 0.4) is 0 Å². The number of hydrogen-bond acceptors (Lipinski definition) is 2. The summed E-state index contributed by atoms with van der Waals surface area (Å²) in [6.45, 7) is 3.92. The van der Waals surface area contributed by atoms with Crippen molar-refractivity contribution in [3.8, 4) is 5.75 Å². The molecule has 3 nitrogen and oxygen atoms in total. The molecule has 0 spiro atoms. The third-order valence-corrected chi connectivity index (χ3v) is 2.84. The van der Waals surface area contributed by atoms with E-state index in [4.69, 9.17) is 9.84 Å². The predicted octanol–water partition coefficient (Wildman–Crippen LogP) is 2.37. The van der Waals surface area contributed by atoms with Gasteiger partial charge in [-0.05, 0) is 25.0 Å². The van der Waals surface area contributed by atoms with Crippen LogP contribution < -0.4 is 4.74 Å². The molecular weight excluding hydrogens is 223 g/mol. The fourth-order valence-corrected chi connectivity index (χ4v) is 2.12. The number of alkyl halides is 1. The summed E-state index contributed by atoms with van der Waals surface area (Å²) in [4.78, 5) is 10.5. The van der Waals surface area contributed by atoms with Gasteiger partial charge >= 0.3 is 5.97 Å². The molecule has 1 aromatic rings. The third kappa shape index (κ3) is 2.40. The van der Waals surface area contributed by atoms with Gasteiger partial charge in [0, 0.05) is 12.8 Å². The number of carbonyl (C=O) groups is 1. The fourth-order valence-electron chi connectivity index (χ4n) is 2.12. The molecule has 1 atom stereocenters. The minimum Gasteiger partial charge on any atom is -0.487 e. The Balaban J connectivity index is 2.27. The molecular formula is C13H15FO3. The quantitative estimate of drug-likeness (QED) is 0.879. The molecule has 1 aromatic carbocycles. The standard InChI is InChI=1S/C13H15FO3/c1-13(2)7-9-5-3-4-8(11(9)17-13)6-10(14)12(15)16/h3-5,10H,6-7H2,1-2H3,(H,15,16). The number of benzene rings is 1. The van der Waals surface area contributed by atoms with Crippen molar-refractivity contribution in [2.24, 2.45) is 0 Å². The lowest BCUT2D eigenvalue weighted by molar-refractivity contribution is -0.142. The molecule has 1 unspecified atom stereocenters. The van der Waals surface area contributed by atoms with Crippen LogP contribution in [0.2, 0.25) is 0 Å². The molecule has 1 aliphatic rings. The Labute approximate surface area is 99.2 Å². The van der Waals surface area contributed by atoms with Crippen molar-refractivity contribution in [1.82, 2.24) is 0 Å². The third-order valence-electron chi connectivity index (χ3n) is 2.84. The molecule has 0 saturated heterocycles. The Morgan fingerprint density at radius 2 is 2.29 bits per heavy atom. The van der Waals surface area contributed by atoms with Gasteiger partial charge in [-0.3, -0.25) is 0 Å². The van der Waals surface area contributed by atoms with Gasteiger partial charge < -0.3 is 9.84 Å². The van der Waals surface area contributed by atoms with Gasteiger partial charge in [-0.2, -0.15) is 0 Å². The SMILES string of the molecule is CC1(C)Cc2cccc(CC(F)C(=O)O)c2O1. The summed E-state index contributed by atoms with van der Waals surface area (Å²) >= 11 is 0. The Kier molecular flexibility index (Phi) is 2.81. The van der Waals surface area contributed by atoms with Crippen LogP contribution in [-0.2, 0) is 17.6 Å². The van der Waals surface area contributed by atoms with E-state index in [0.29, 0.717) is 11.3 Å². The van der Waals surface area contributed by atoms with Crippen molar-refractivity contribution in [1.29, 1.82) is 0 Å². The van der Waals surface area contributed by atoms with Crippen LogP contribution in [0, 0.1) is 0 Å². The second kappa shape index (κ2) is 4.02. The molecule has 0 aliphatic carbocycles. The summed E-state index contributed by atoms with van der Waals surface area (Å²) in [5.41, 5.74) is 1.35. The van der Waals surface area contributed by atoms with E-state index in [9.17, 15) is 9.18 Å². The van der Waals surface area contributed by atoms with Crippen molar-refractivity contribution >= 4 is 5.97 Å². The molecule has 0 saturated carbocycles. The number of hydrogen-bond donors (Lipinski definition) is 1. The topological polar surface area (TPSA) is 46.5 Å². The molecule has 1 N–H and O–H groups in total. The van der Waals surface area contributed by atoms with Crippen LogP contribution in [0.5, 0.6) is 5.75 Å². The highest BCUT2D eigenvalue weighted by Crippen LogP contribution is 2.38. The largest absolute Gasteiger partial charge is 0.487 e. The van der Waals surface area contributed by atoms with Crippen LogP contribution >= 0.6 is 0 Å². The van der Waals surface area contributed by atoms with E-state index >= 15 is 0 Å². The first kappa shape index (κ1) is 11.9. The average Bonchev–Trinajstić information content (AvgIpc) is 2.53. The first-order chi connectivity index (χ1) is 7.89. The molecule has 1 heterocycles. The lowest BCUT2D eigenvalue weighted by Gasteiger charge is -2.18. The van der Waals surface area contributed by atoms with E-state index < -0.39 is 12.1 Å². The second-order valence-electron chi connectivity index (χ2n) is 4.95. The van der Waals surface area contributed by atoms with Gasteiger partial charge in [0.25, 0.3) is 0 Å². The van der Waals surface area contributed by atoms with E-state index in [2.05, 4.69) is 0 Å². The average molecular weight is 238 g/mol. The molecule has 2 rings (SSSR count). The van der Waals surface area contributed by atoms with Crippen LogP contribution in [0.25, 0.3) is 0 Å². The Morgan fingerprint density at radius 1 is 1.59 bits per heavy atom.